The van der Waals surface area contributed by atoms with Gasteiger partial charge in [-0.05, 0) is 31.9 Å². The van der Waals surface area contributed by atoms with Crippen LogP contribution in [0.4, 0.5) is 5.69 Å². The molecule has 0 atom stereocenters. The Labute approximate surface area is 107 Å². The summed E-state index contributed by atoms with van der Waals surface area (Å²) < 4.78 is 5.58. The Balaban J connectivity index is 3.03. The molecule has 8 heteroatoms. The summed E-state index contributed by atoms with van der Waals surface area (Å²) in [5.41, 5.74) is -0.124. The topological polar surface area (TPSA) is 89.7 Å². The zero-order valence-electron chi connectivity index (χ0n) is 7.65. The van der Waals surface area contributed by atoms with Crippen molar-refractivity contribution in [1.82, 2.24) is 0 Å². The number of nitro benzene ring substituents is 1. The number of hydrogen-bond donors (Lipinski definition) is 1. The standard InChI is InChI=1S/C8H5Br2NO5/c9-5-1-4(11(14)15)2-6(10)8(5)16-3-7(12)13/h1-2H,3H2,(H,12,13). The lowest BCUT2D eigenvalue weighted by Gasteiger charge is -2.07. The van der Waals surface area contributed by atoms with Gasteiger partial charge in [-0.25, -0.2) is 4.79 Å². The van der Waals surface area contributed by atoms with E-state index in [2.05, 4.69) is 31.9 Å². The second-order valence-electron chi connectivity index (χ2n) is 2.68. The van der Waals surface area contributed by atoms with Crippen molar-refractivity contribution in [2.24, 2.45) is 0 Å². The largest absolute Gasteiger partial charge is 0.480 e. The summed E-state index contributed by atoms with van der Waals surface area (Å²) in [6.07, 6.45) is 0. The van der Waals surface area contributed by atoms with Gasteiger partial charge in [0, 0.05) is 12.1 Å². The molecule has 0 aliphatic rings. The molecule has 0 spiro atoms. The zero-order valence-corrected chi connectivity index (χ0v) is 10.8. The minimum Gasteiger partial charge on any atom is -0.480 e. The van der Waals surface area contributed by atoms with Crippen molar-refractivity contribution in [3.05, 3.63) is 31.2 Å². The van der Waals surface area contributed by atoms with Crippen LogP contribution < -0.4 is 4.74 Å². The molecule has 6 nitrogen and oxygen atoms in total. The summed E-state index contributed by atoms with van der Waals surface area (Å²) in [7, 11) is 0. The molecule has 1 aromatic rings. The molecule has 1 aromatic carbocycles. The minimum absolute atomic E-state index is 0.124. The maximum atomic E-state index is 10.5. The maximum Gasteiger partial charge on any atom is 0.341 e. The minimum atomic E-state index is -1.13. The summed E-state index contributed by atoms with van der Waals surface area (Å²) in [6.45, 7) is -0.519. The second kappa shape index (κ2) is 5.26. The first kappa shape index (κ1) is 12.9. The monoisotopic (exact) mass is 353 g/mol. The van der Waals surface area contributed by atoms with Crippen LogP contribution in [0.1, 0.15) is 0 Å². The predicted molar refractivity (Wildman–Crippen MR) is 61.6 cm³/mol. The quantitative estimate of drug-likeness (QED) is 0.663. The van der Waals surface area contributed by atoms with Crippen LogP contribution in [0, 0.1) is 10.1 Å². The number of ether oxygens (including phenoxy) is 1. The number of carboxylic acids is 1. The van der Waals surface area contributed by atoms with Crippen LogP contribution in [-0.2, 0) is 4.79 Å². The van der Waals surface area contributed by atoms with Crippen LogP contribution >= 0.6 is 31.9 Å². The van der Waals surface area contributed by atoms with Gasteiger partial charge < -0.3 is 9.84 Å². The average Bonchev–Trinajstić information content (AvgIpc) is 2.15. The van der Waals surface area contributed by atoms with Gasteiger partial charge in [0.25, 0.3) is 5.69 Å². The Morgan fingerprint density at radius 3 is 2.31 bits per heavy atom. The summed E-state index contributed by atoms with van der Waals surface area (Å²) >= 11 is 6.13. The molecule has 0 fully saturated rings. The average molecular weight is 355 g/mol. The molecule has 0 aliphatic carbocycles. The van der Waals surface area contributed by atoms with Crippen molar-refractivity contribution in [3.8, 4) is 5.75 Å². The Bertz CT molecular complexity index is 425. The number of non-ortho nitro benzene ring substituents is 1. The van der Waals surface area contributed by atoms with E-state index in [0.29, 0.717) is 8.95 Å². The highest BCUT2D eigenvalue weighted by atomic mass is 79.9. The molecule has 0 aliphatic heterocycles. The Hall–Kier alpha value is -1.15. The maximum absolute atomic E-state index is 10.5. The molecule has 1 N–H and O–H groups in total. The number of aliphatic carboxylic acids is 1. The number of nitro groups is 1. The van der Waals surface area contributed by atoms with Crippen LogP contribution in [-0.4, -0.2) is 22.6 Å². The van der Waals surface area contributed by atoms with Crippen molar-refractivity contribution in [2.45, 2.75) is 0 Å². The molecule has 86 valence electrons. The first-order chi connectivity index (χ1) is 7.41. The number of nitrogens with zero attached hydrogens (tertiary/aromatic N) is 1. The van der Waals surface area contributed by atoms with Gasteiger partial charge in [0.05, 0.1) is 13.9 Å². The van der Waals surface area contributed by atoms with Gasteiger partial charge in [-0.15, -0.1) is 0 Å². The van der Waals surface area contributed by atoms with Crippen LogP contribution in [0.25, 0.3) is 0 Å². The van der Waals surface area contributed by atoms with E-state index >= 15 is 0 Å². The molecule has 0 bridgehead atoms. The van der Waals surface area contributed by atoms with Gasteiger partial charge in [-0.3, -0.25) is 10.1 Å². The third-order valence-corrected chi connectivity index (χ3v) is 2.71. The van der Waals surface area contributed by atoms with Crippen molar-refractivity contribution >= 4 is 43.5 Å². The van der Waals surface area contributed by atoms with Gasteiger partial charge in [-0.1, -0.05) is 0 Å². The fourth-order valence-electron chi connectivity index (χ4n) is 0.924. The van der Waals surface area contributed by atoms with Gasteiger partial charge >= 0.3 is 5.97 Å². The lowest BCUT2D eigenvalue weighted by molar-refractivity contribution is -0.385. The molecule has 0 saturated carbocycles. The molecular formula is C8H5Br2NO5. The highest BCUT2D eigenvalue weighted by molar-refractivity contribution is 9.11. The number of rotatable bonds is 4. The van der Waals surface area contributed by atoms with Gasteiger partial charge in [-0.2, -0.15) is 0 Å². The number of benzene rings is 1. The third-order valence-electron chi connectivity index (χ3n) is 1.53. The normalized spacial score (nSPS) is 9.88. The van der Waals surface area contributed by atoms with Crippen LogP contribution in [0.15, 0.2) is 21.1 Å². The van der Waals surface area contributed by atoms with E-state index in [-0.39, 0.29) is 11.4 Å². The summed E-state index contributed by atoms with van der Waals surface area (Å²) in [5, 5.41) is 18.9. The number of hydrogen-bond acceptors (Lipinski definition) is 4. The van der Waals surface area contributed by atoms with Crippen LogP contribution in [0.3, 0.4) is 0 Å². The van der Waals surface area contributed by atoms with Gasteiger partial charge in [0.2, 0.25) is 0 Å². The summed E-state index contributed by atoms with van der Waals surface area (Å²) in [4.78, 5) is 20.3. The molecule has 16 heavy (non-hydrogen) atoms. The van der Waals surface area contributed by atoms with Crippen molar-refractivity contribution in [2.75, 3.05) is 6.61 Å². The van der Waals surface area contributed by atoms with E-state index < -0.39 is 17.5 Å². The molecule has 0 unspecified atom stereocenters. The lowest BCUT2D eigenvalue weighted by Crippen LogP contribution is -2.10. The van der Waals surface area contributed by atoms with Gasteiger partial charge in [0.1, 0.15) is 5.75 Å². The van der Waals surface area contributed by atoms with Crippen LogP contribution in [0.5, 0.6) is 5.75 Å². The van der Waals surface area contributed by atoms with E-state index in [0.717, 1.165) is 0 Å². The highest BCUT2D eigenvalue weighted by Crippen LogP contribution is 2.37. The molecular weight excluding hydrogens is 350 g/mol. The first-order valence-corrected chi connectivity index (χ1v) is 5.48. The van der Waals surface area contributed by atoms with E-state index in [4.69, 9.17) is 9.84 Å². The molecule has 0 saturated heterocycles. The van der Waals surface area contributed by atoms with Crippen molar-refractivity contribution in [1.29, 1.82) is 0 Å². The SMILES string of the molecule is O=C(O)COc1c(Br)cc([N+](=O)[O-])cc1Br. The molecule has 0 aromatic heterocycles. The van der Waals surface area contributed by atoms with E-state index in [1.54, 1.807) is 0 Å². The molecule has 0 heterocycles. The molecule has 0 radical (unpaired) electrons. The number of carbonyl (C=O) groups is 1. The third kappa shape index (κ3) is 3.17. The highest BCUT2D eigenvalue weighted by Gasteiger charge is 2.15. The summed E-state index contributed by atoms with van der Waals surface area (Å²) in [6, 6.07) is 2.48. The second-order valence-corrected chi connectivity index (χ2v) is 4.39. The number of halogens is 2. The van der Waals surface area contributed by atoms with Crippen molar-refractivity contribution < 1.29 is 19.6 Å². The Kier molecular flexibility index (Phi) is 4.25. The zero-order chi connectivity index (χ0) is 12.3. The fourth-order valence-corrected chi connectivity index (χ4v) is 2.31. The lowest BCUT2D eigenvalue weighted by atomic mass is 10.3. The van der Waals surface area contributed by atoms with Crippen molar-refractivity contribution in [3.63, 3.8) is 0 Å². The summed E-state index contributed by atoms with van der Waals surface area (Å²) in [5.74, 6) is -0.912. The van der Waals surface area contributed by atoms with E-state index in [1.165, 1.54) is 12.1 Å². The fraction of sp³-hybridized carbons (Fsp3) is 0.125. The smallest absolute Gasteiger partial charge is 0.341 e. The Morgan fingerprint density at radius 2 is 1.94 bits per heavy atom. The Morgan fingerprint density at radius 1 is 1.44 bits per heavy atom. The first-order valence-electron chi connectivity index (χ1n) is 3.90. The van der Waals surface area contributed by atoms with Crippen LogP contribution in [0.2, 0.25) is 0 Å². The molecule has 1 rings (SSSR count). The predicted octanol–water partition coefficient (Wildman–Crippen LogP) is 2.58. The van der Waals surface area contributed by atoms with E-state index in [9.17, 15) is 14.9 Å². The van der Waals surface area contributed by atoms with E-state index in [1.807, 2.05) is 0 Å². The molecule has 0 amide bonds. The van der Waals surface area contributed by atoms with Gasteiger partial charge in [0.15, 0.2) is 6.61 Å². The number of carboxylic acid groups (broad SMARTS) is 1.